The van der Waals surface area contributed by atoms with Gasteiger partial charge in [-0.2, -0.15) is 0 Å². The maximum Gasteiger partial charge on any atom is 0.240 e. The molecular formula is C15H24N2O2. The number of aryl methyl sites for hydroxylation is 1. The van der Waals surface area contributed by atoms with Crippen LogP contribution in [0.3, 0.4) is 0 Å². The van der Waals surface area contributed by atoms with Crippen LogP contribution in [-0.4, -0.2) is 36.0 Å². The Morgan fingerprint density at radius 3 is 3.11 bits per heavy atom. The predicted octanol–water partition coefficient (Wildman–Crippen LogP) is 2.20. The van der Waals surface area contributed by atoms with E-state index in [1.807, 2.05) is 17.0 Å². The Bertz CT molecular complexity index is 389. The van der Waals surface area contributed by atoms with Crippen LogP contribution in [0.15, 0.2) is 22.8 Å². The summed E-state index contributed by atoms with van der Waals surface area (Å²) in [5, 5.41) is 3.33. The van der Waals surface area contributed by atoms with E-state index in [-0.39, 0.29) is 18.0 Å². The van der Waals surface area contributed by atoms with Crippen LogP contribution < -0.4 is 5.32 Å². The predicted molar refractivity (Wildman–Crippen MR) is 74.9 cm³/mol. The summed E-state index contributed by atoms with van der Waals surface area (Å²) >= 11 is 0. The molecule has 1 fully saturated rings. The van der Waals surface area contributed by atoms with Crippen LogP contribution in [0.5, 0.6) is 0 Å². The monoisotopic (exact) mass is 264 g/mol. The van der Waals surface area contributed by atoms with E-state index < -0.39 is 0 Å². The quantitative estimate of drug-likeness (QED) is 0.821. The Balaban J connectivity index is 1.79. The third-order valence-electron chi connectivity index (χ3n) is 3.80. The molecule has 1 N–H and O–H groups in total. The number of rotatable bonds is 7. The normalized spacial score (nSPS) is 21.1. The zero-order valence-corrected chi connectivity index (χ0v) is 11.9. The zero-order valence-electron chi connectivity index (χ0n) is 11.9. The van der Waals surface area contributed by atoms with Crippen LogP contribution in [0.2, 0.25) is 0 Å². The highest BCUT2D eigenvalue weighted by Gasteiger charge is 2.33. The number of hydrogen-bond acceptors (Lipinski definition) is 3. The largest absolute Gasteiger partial charge is 0.469 e. The first-order valence-corrected chi connectivity index (χ1v) is 7.28. The lowest BCUT2D eigenvalue weighted by molar-refractivity contribution is -0.131. The van der Waals surface area contributed by atoms with E-state index in [2.05, 4.69) is 19.2 Å². The van der Waals surface area contributed by atoms with Crippen LogP contribution >= 0.6 is 0 Å². The van der Waals surface area contributed by atoms with E-state index in [1.54, 1.807) is 6.26 Å². The molecule has 1 aromatic rings. The number of carbonyl (C=O) groups is 1. The number of nitrogens with one attached hydrogen (secondary N) is 1. The topological polar surface area (TPSA) is 45.5 Å². The smallest absolute Gasteiger partial charge is 0.240 e. The van der Waals surface area contributed by atoms with Crippen LogP contribution in [-0.2, 0) is 11.2 Å². The Hall–Kier alpha value is -1.29. The van der Waals surface area contributed by atoms with Gasteiger partial charge >= 0.3 is 0 Å². The van der Waals surface area contributed by atoms with Crippen molar-refractivity contribution in [3.05, 3.63) is 24.2 Å². The fourth-order valence-electron chi connectivity index (χ4n) is 2.61. The Kier molecular flexibility index (Phi) is 5.02. The first-order valence-electron chi connectivity index (χ1n) is 7.28. The second-order valence-corrected chi connectivity index (χ2v) is 5.29. The second kappa shape index (κ2) is 6.75. The van der Waals surface area contributed by atoms with Crippen molar-refractivity contribution in [1.82, 2.24) is 10.2 Å². The molecule has 19 heavy (non-hydrogen) atoms. The van der Waals surface area contributed by atoms with Crippen LogP contribution in [0, 0.1) is 0 Å². The van der Waals surface area contributed by atoms with Crippen molar-refractivity contribution in [2.75, 3.05) is 13.1 Å². The molecule has 0 radical (unpaired) electrons. The minimum atomic E-state index is 0.0333. The molecule has 2 rings (SSSR count). The van der Waals surface area contributed by atoms with Gasteiger partial charge in [-0.1, -0.05) is 6.92 Å². The van der Waals surface area contributed by atoms with Crippen molar-refractivity contribution in [1.29, 1.82) is 0 Å². The van der Waals surface area contributed by atoms with Gasteiger partial charge in [0, 0.05) is 19.0 Å². The number of hydrogen-bond donors (Lipinski definition) is 1. The number of nitrogens with zero attached hydrogens (tertiary/aromatic N) is 1. The minimum absolute atomic E-state index is 0.0333. The average molecular weight is 264 g/mol. The second-order valence-electron chi connectivity index (χ2n) is 5.29. The van der Waals surface area contributed by atoms with E-state index in [9.17, 15) is 4.79 Å². The van der Waals surface area contributed by atoms with E-state index in [1.165, 1.54) is 0 Å². The third kappa shape index (κ3) is 3.60. The average Bonchev–Trinajstić information content (AvgIpc) is 3.03. The molecule has 4 nitrogen and oxygen atoms in total. The van der Waals surface area contributed by atoms with Crippen molar-refractivity contribution in [3.8, 4) is 0 Å². The summed E-state index contributed by atoms with van der Waals surface area (Å²) in [6, 6.07) is 4.22. The molecule has 1 aromatic heterocycles. The number of carbonyl (C=O) groups excluding carboxylic acids is 1. The van der Waals surface area contributed by atoms with Crippen molar-refractivity contribution in [3.63, 3.8) is 0 Å². The van der Waals surface area contributed by atoms with Gasteiger partial charge in [0.05, 0.1) is 12.3 Å². The van der Waals surface area contributed by atoms with E-state index in [4.69, 9.17) is 4.42 Å². The Morgan fingerprint density at radius 2 is 2.42 bits per heavy atom. The molecule has 106 valence electrons. The van der Waals surface area contributed by atoms with Crippen molar-refractivity contribution >= 4 is 5.91 Å². The van der Waals surface area contributed by atoms with Crippen molar-refractivity contribution in [2.24, 2.45) is 0 Å². The summed E-state index contributed by atoms with van der Waals surface area (Å²) in [4.78, 5) is 14.3. The zero-order chi connectivity index (χ0) is 13.7. The highest BCUT2D eigenvalue weighted by atomic mass is 16.3. The molecule has 1 saturated heterocycles. The lowest BCUT2D eigenvalue weighted by atomic mass is 10.1. The summed E-state index contributed by atoms with van der Waals surface area (Å²) in [7, 11) is 0. The molecule has 2 heterocycles. The molecule has 0 spiro atoms. The van der Waals surface area contributed by atoms with Gasteiger partial charge in [0.1, 0.15) is 5.76 Å². The summed E-state index contributed by atoms with van der Waals surface area (Å²) in [6.45, 7) is 6.05. The van der Waals surface area contributed by atoms with Gasteiger partial charge in [0.25, 0.3) is 0 Å². The number of likely N-dealkylation sites (tertiary alicyclic amines) is 1. The SMILES string of the molecule is CCCNC1CCN(C(C)CCc2ccco2)C1=O. The highest BCUT2D eigenvalue weighted by molar-refractivity contribution is 5.84. The molecule has 1 aliphatic heterocycles. The fourth-order valence-corrected chi connectivity index (χ4v) is 2.61. The van der Waals surface area contributed by atoms with Gasteiger partial charge in [-0.05, 0) is 44.9 Å². The summed E-state index contributed by atoms with van der Waals surface area (Å²) in [5.41, 5.74) is 0. The van der Waals surface area contributed by atoms with Gasteiger partial charge in [-0.3, -0.25) is 4.79 Å². The first kappa shape index (κ1) is 14.1. The Morgan fingerprint density at radius 1 is 1.58 bits per heavy atom. The van der Waals surface area contributed by atoms with Gasteiger partial charge in [0.15, 0.2) is 0 Å². The number of furan rings is 1. The van der Waals surface area contributed by atoms with Crippen molar-refractivity contribution < 1.29 is 9.21 Å². The molecule has 0 aromatic carbocycles. The molecule has 2 unspecified atom stereocenters. The lowest BCUT2D eigenvalue weighted by Gasteiger charge is -2.24. The molecular weight excluding hydrogens is 240 g/mol. The van der Waals surface area contributed by atoms with Gasteiger partial charge in [-0.25, -0.2) is 0 Å². The van der Waals surface area contributed by atoms with Gasteiger partial charge < -0.3 is 14.6 Å². The van der Waals surface area contributed by atoms with Crippen molar-refractivity contribution in [2.45, 2.75) is 51.6 Å². The molecule has 4 heteroatoms. The summed E-state index contributed by atoms with van der Waals surface area (Å²) in [6.07, 6.45) is 5.55. The van der Waals surface area contributed by atoms with Crippen LogP contribution in [0.1, 0.15) is 38.9 Å². The molecule has 0 saturated carbocycles. The van der Waals surface area contributed by atoms with E-state index in [0.29, 0.717) is 0 Å². The maximum atomic E-state index is 12.3. The fraction of sp³-hybridized carbons (Fsp3) is 0.667. The number of amides is 1. The molecule has 1 aliphatic rings. The molecule has 0 aliphatic carbocycles. The molecule has 0 bridgehead atoms. The van der Waals surface area contributed by atoms with Crippen LogP contribution in [0.25, 0.3) is 0 Å². The maximum absolute atomic E-state index is 12.3. The molecule has 2 atom stereocenters. The molecule has 1 amide bonds. The highest BCUT2D eigenvalue weighted by Crippen LogP contribution is 2.18. The Labute approximate surface area is 115 Å². The summed E-state index contributed by atoms with van der Waals surface area (Å²) in [5.74, 6) is 1.26. The van der Waals surface area contributed by atoms with Gasteiger partial charge in [-0.15, -0.1) is 0 Å². The van der Waals surface area contributed by atoms with E-state index >= 15 is 0 Å². The standard InChI is InChI=1S/C15H24N2O2/c1-3-9-16-14-8-10-17(15(14)18)12(2)6-7-13-5-4-11-19-13/h4-5,11-12,14,16H,3,6-10H2,1-2H3. The first-order chi connectivity index (χ1) is 9.22. The lowest BCUT2D eigenvalue weighted by Crippen LogP contribution is -2.42. The van der Waals surface area contributed by atoms with Crippen LogP contribution in [0.4, 0.5) is 0 Å². The summed E-state index contributed by atoms with van der Waals surface area (Å²) < 4.78 is 5.33. The third-order valence-corrected chi connectivity index (χ3v) is 3.80. The van der Waals surface area contributed by atoms with Gasteiger partial charge in [0.2, 0.25) is 5.91 Å². The van der Waals surface area contributed by atoms with E-state index in [0.717, 1.165) is 44.5 Å². The minimum Gasteiger partial charge on any atom is -0.469 e.